The fourth-order valence-electron chi connectivity index (χ4n) is 2.62. The summed E-state index contributed by atoms with van der Waals surface area (Å²) in [5.74, 6) is 0. The van der Waals surface area contributed by atoms with Gasteiger partial charge in [0.2, 0.25) is 0 Å². The van der Waals surface area contributed by atoms with Gasteiger partial charge < -0.3 is 4.90 Å². The van der Waals surface area contributed by atoms with Crippen LogP contribution in [-0.4, -0.2) is 30.6 Å². The lowest BCUT2D eigenvalue weighted by atomic mass is 10.2. The number of anilines is 1. The second kappa shape index (κ2) is 11.1. The SMILES string of the molecule is CCCCCN(CCCCC)C(=O)N(CC)c1ccccc1. The molecule has 0 spiro atoms. The summed E-state index contributed by atoms with van der Waals surface area (Å²) in [6.07, 6.45) is 6.95. The van der Waals surface area contributed by atoms with Gasteiger partial charge in [-0.05, 0) is 31.9 Å². The van der Waals surface area contributed by atoms with E-state index in [2.05, 4.69) is 13.8 Å². The Morgan fingerprint density at radius 3 is 1.86 bits per heavy atom. The first-order valence-corrected chi connectivity index (χ1v) is 8.86. The summed E-state index contributed by atoms with van der Waals surface area (Å²) < 4.78 is 0. The third kappa shape index (κ3) is 6.08. The van der Waals surface area contributed by atoms with Crippen LogP contribution in [0.25, 0.3) is 0 Å². The predicted molar refractivity (Wildman–Crippen MR) is 95.5 cm³/mol. The quantitative estimate of drug-likeness (QED) is 0.537. The van der Waals surface area contributed by atoms with Crippen LogP contribution in [0.2, 0.25) is 0 Å². The number of hydrogen-bond acceptors (Lipinski definition) is 1. The van der Waals surface area contributed by atoms with Crippen molar-refractivity contribution in [2.75, 3.05) is 24.5 Å². The Hall–Kier alpha value is -1.51. The lowest BCUT2D eigenvalue weighted by Gasteiger charge is -2.30. The van der Waals surface area contributed by atoms with E-state index in [1.165, 1.54) is 25.7 Å². The van der Waals surface area contributed by atoms with Gasteiger partial charge in [-0.25, -0.2) is 4.79 Å². The molecule has 0 aliphatic carbocycles. The Bertz CT molecular complexity index is 395. The highest BCUT2D eigenvalue weighted by Gasteiger charge is 2.20. The van der Waals surface area contributed by atoms with Crippen LogP contribution < -0.4 is 4.90 Å². The molecule has 3 nitrogen and oxygen atoms in total. The topological polar surface area (TPSA) is 23.6 Å². The van der Waals surface area contributed by atoms with E-state index in [0.717, 1.165) is 31.6 Å². The van der Waals surface area contributed by atoms with E-state index in [4.69, 9.17) is 0 Å². The minimum absolute atomic E-state index is 0.154. The summed E-state index contributed by atoms with van der Waals surface area (Å²) >= 11 is 0. The normalized spacial score (nSPS) is 10.5. The lowest BCUT2D eigenvalue weighted by Crippen LogP contribution is -2.44. The van der Waals surface area contributed by atoms with Crippen LogP contribution in [0.4, 0.5) is 10.5 Å². The van der Waals surface area contributed by atoms with Crippen LogP contribution in [0.3, 0.4) is 0 Å². The molecule has 0 heterocycles. The number of para-hydroxylation sites is 1. The van der Waals surface area contributed by atoms with Crippen molar-refractivity contribution in [3.63, 3.8) is 0 Å². The average molecular weight is 304 g/mol. The van der Waals surface area contributed by atoms with Gasteiger partial charge in [-0.3, -0.25) is 4.90 Å². The van der Waals surface area contributed by atoms with Crippen LogP contribution in [0, 0.1) is 0 Å². The number of benzene rings is 1. The molecule has 1 aromatic carbocycles. The largest absolute Gasteiger partial charge is 0.324 e. The predicted octanol–water partition coefficient (Wildman–Crippen LogP) is 5.32. The van der Waals surface area contributed by atoms with Crippen molar-refractivity contribution in [3.8, 4) is 0 Å². The van der Waals surface area contributed by atoms with Gasteiger partial charge in [0.1, 0.15) is 0 Å². The van der Waals surface area contributed by atoms with Crippen molar-refractivity contribution in [3.05, 3.63) is 30.3 Å². The first-order chi connectivity index (χ1) is 10.7. The van der Waals surface area contributed by atoms with Crippen LogP contribution in [0.1, 0.15) is 59.3 Å². The molecule has 0 bridgehead atoms. The number of nitrogens with zero attached hydrogens (tertiary/aromatic N) is 2. The van der Waals surface area contributed by atoms with E-state index in [9.17, 15) is 4.79 Å². The Labute approximate surface area is 136 Å². The maximum Gasteiger partial charge on any atom is 0.324 e. The standard InChI is InChI=1S/C19H32N2O/c1-4-7-12-16-20(17-13-8-5-2)19(22)21(6-3)18-14-10-9-11-15-18/h9-11,14-15H,4-8,12-13,16-17H2,1-3H3. The average Bonchev–Trinajstić information content (AvgIpc) is 2.55. The molecule has 1 rings (SSSR count). The van der Waals surface area contributed by atoms with Crippen molar-refractivity contribution >= 4 is 11.7 Å². The number of hydrogen-bond donors (Lipinski definition) is 0. The van der Waals surface area contributed by atoms with Gasteiger partial charge in [0, 0.05) is 25.3 Å². The number of carbonyl (C=O) groups excluding carboxylic acids is 1. The number of amides is 2. The van der Waals surface area contributed by atoms with Crippen LogP contribution in [-0.2, 0) is 0 Å². The molecule has 0 saturated carbocycles. The highest BCUT2D eigenvalue weighted by Crippen LogP contribution is 2.16. The summed E-state index contributed by atoms with van der Waals surface area (Å²) in [4.78, 5) is 16.8. The Balaban J connectivity index is 2.73. The third-order valence-corrected chi connectivity index (χ3v) is 3.95. The molecule has 0 N–H and O–H groups in total. The summed E-state index contributed by atoms with van der Waals surface area (Å²) in [7, 11) is 0. The minimum Gasteiger partial charge on any atom is -0.324 e. The fraction of sp³-hybridized carbons (Fsp3) is 0.632. The van der Waals surface area contributed by atoms with Gasteiger partial charge in [-0.2, -0.15) is 0 Å². The van der Waals surface area contributed by atoms with Crippen molar-refractivity contribution in [2.45, 2.75) is 59.3 Å². The molecule has 0 atom stereocenters. The molecule has 0 unspecified atom stereocenters. The molecule has 0 aliphatic rings. The second-order valence-electron chi connectivity index (χ2n) is 5.76. The van der Waals surface area contributed by atoms with E-state index in [-0.39, 0.29) is 6.03 Å². The van der Waals surface area contributed by atoms with E-state index < -0.39 is 0 Å². The van der Waals surface area contributed by atoms with Gasteiger partial charge in [0.25, 0.3) is 0 Å². The van der Waals surface area contributed by atoms with Crippen molar-refractivity contribution < 1.29 is 4.79 Å². The second-order valence-corrected chi connectivity index (χ2v) is 5.76. The maximum absolute atomic E-state index is 12.9. The summed E-state index contributed by atoms with van der Waals surface area (Å²) in [5, 5.41) is 0. The Morgan fingerprint density at radius 2 is 1.41 bits per heavy atom. The molecule has 0 fully saturated rings. The van der Waals surface area contributed by atoms with Gasteiger partial charge >= 0.3 is 6.03 Å². The smallest absolute Gasteiger partial charge is 0.324 e. The third-order valence-electron chi connectivity index (χ3n) is 3.95. The van der Waals surface area contributed by atoms with Crippen molar-refractivity contribution in [1.29, 1.82) is 0 Å². The minimum atomic E-state index is 0.154. The Morgan fingerprint density at radius 1 is 0.864 bits per heavy atom. The summed E-state index contributed by atoms with van der Waals surface area (Å²) in [6.45, 7) is 8.90. The van der Waals surface area contributed by atoms with E-state index >= 15 is 0 Å². The molecule has 0 aromatic heterocycles. The molecule has 0 aliphatic heterocycles. The molecular formula is C19H32N2O. The molecule has 3 heteroatoms. The number of unbranched alkanes of at least 4 members (excludes halogenated alkanes) is 4. The van der Waals surface area contributed by atoms with Crippen molar-refractivity contribution in [1.82, 2.24) is 4.90 Å². The zero-order valence-corrected chi connectivity index (χ0v) is 14.6. The number of rotatable bonds is 10. The first kappa shape index (κ1) is 18.5. The fourth-order valence-corrected chi connectivity index (χ4v) is 2.62. The maximum atomic E-state index is 12.9. The van der Waals surface area contributed by atoms with Crippen LogP contribution in [0.15, 0.2) is 30.3 Å². The molecule has 2 amide bonds. The summed E-state index contributed by atoms with van der Waals surface area (Å²) in [6, 6.07) is 10.1. The van der Waals surface area contributed by atoms with Crippen LogP contribution >= 0.6 is 0 Å². The monoisotopic (exact) mass is 304 g/mol. The molecular weight excluding hydrogens is 272 g/mol. The van der Waals surface area contributed by atoms with Gasteiger partial charge in [0.05, 0.1) is 0 Å². The first-order valence-electron chi connectivity index (χ1n) is 8.86. The number of urea groups is 1. The summed E-state index contributed by atoms with van der Waals surface area (Å²) in [5.41, 5.74) is 0.992. The molecule has 124 valence electrons. The van der Waals surface area contributed by atoms with E-state index in [1.807, 2.05) is 47.1 Å². The zero-order chi connectivity index (χ0) is 16.2. The highest BCUT2D eigenvalue weighted by atomic mass is 16.2. The lowest BCUT2D eigenvalue weighted by molar-refractivity contribution is 0.202. The van der Waals surface area contributed by atoms with Crippen LogP contribution in [0.5, 0.6) is 0 Å². The van der Waals surface area contributed by atoms with Gasteiger partial charge in [0.15, 0.2) is 0 Å². The molecule has 0 saturated heterocycles. The van der Waals surface area contributed by atoms with Gasteiger partial charge in [-0.1, -0.05) is 57.7 Å². The van der Waals surface area contributed by atoms with Crippen molar-refractivity contribution in [2.24, 2.45) is 0 Å². The van der Waals surface area contributed by atoms with Gasteiger partial charge in [-0.15, -0.1) is 0 Å². The Kier molecular flexibility index (Phi) is 9.36. The van der Waals surface area contributed by atoms with E-state index in [0.29, 0.717) is 6.54 Å². The molecule has 22 heavy (non-hydrogen) atoms. The molecule has 0 radical (unpaired) electrons. The highest BCUT2D eigenvalue weighted by molar-refractivity contribution is 5.91. The molecule has 1 aromatic rings. The number of carbonyl (C=O) groups is 1. The zero-order valence-electron chi connectivity index (χ0n) is 14.6. The van der Waals surface area contributed by atoms with E-state index in [1.54, 1.807) is 0 Å².